The number of carbonyl (C=O) groups excluding carboxylic acids is 1. The number of hydrogen-bond acceptors (Lipinski definition) is 5. The van der Waals surface area contributed by atoms with Crippen LogP contribution in [0.3, 0.4) is 0 Å². The molecular formula is C25H32N4O3S3. The molecule has 2 aromatic carbocycles. The minimum Gasteiger partial charge on any atom is -0.337 e. The van der Waals surface area contributed by atoms with Crippen molar-refractivity contribution in [3.63, 3.8) is 0 Å². The van der Waals surface area contributed by atoms with Crippen LogP contribution in [0.1, 0.15) is 45.6 Å². The Morgan fingerprint density at radius 1 is 1.20 bits per heavy atom. The van der Waals surface area contributed by atoms with Gasteiger partial charge < -0.3 is 10.3 Å². The first-order valence-corrected chi connectivity index (χ1v) is 14.7. The Balaban J connectivity index is 1.40. The van der Waals surface area contributed by atoms with Crippen molar-refractivity contribution in [1.29, 1.82) is 0 Å². The molecule has 2 amide bonds. The second-order valence-electron chi connectivity index (χ2n) is 9.18. The summed E-state index contributed by atoms with van der Waals surface area (Å²) in [5, 5.41) is 3.13. The summed E-state index contributed by atoms with van der Waals surface area (Å²) in [5.41, 5.74) is 2.91. The molecule has 0 unspecified atom stereocenters. The van der Waals surface area contributed by atoms with E-state index in [-0.39, 0.29) is 18.1 Å². The van der Waals surface area contributed by atoms with Gasteiger partial charge in [-0.2, -0.15) is 4.31 Å². The van der Waals surface area contributed by atoms with Crippen molar-refractivity contribution in [3.05, 3.63) is 52.0 Å². The third-order valence-electron chi connectivity index (χ3n) is 6.30. The van der Waals surface area contributed by atoms with Crippen molar-refractivity contribution < 1.29 is 13.2 Å². The van der Waals surface area contributed by atoms with E-state index in [4.69, 9.17) is 12.2 Å². The van der Waals surface area contributed by atoms with Gasteiger partial charge in [-0.25, -0.2) is 13.2 Å². The van der Waals surface area contributed by atoms with Crippen LogP contribution in [0.2, 0.25) is 0 Å². The number of piperidine rings is 1. The van der Waals surface area contributed by atoms with Crippen LogP contribution in [-0.4, -0.2) is 48.9 Å². The topological polar surface area (TPSA) is 85.5 Å². The lowest BCUT2D eigenvalue weighted by molar-refractivity contribution is 0.231. The van der Waals surface area contributed by atoms with E-state index in [0.717, 1.165) is 34.3 Å². The normalized spacial score (nSPS) is 15.5. The summed E-state index contributed by atoms with van der Waals surface area (Å²) in [5.74, 6) is 0. The number of amides is 2. The average molecular weight is 533 g/mol. The van der Waals surface area contributed by atoms with Gasteiger partial charge in [0.05, 0.1) is 15.1 Å². The molecule has 0 spiro atoms. The minimum atomic E-state index is -3.54. The van der Waals surface area contributed by atoms with Gasteiger partial charge in [-0.3, -0.25) is 4.90 Å². The number of aryl methyl sites for hydroxylation is 1. The number of rotatable bonds is 7. The van der Waals surface area contributed by atoms with Crippen molar-refractivity contribution in [3.8, 4) is 0 Å². The molecule has 4 rings (SSSR count). The lowest BCUT2D eigenvalue weighted by Crippen LogP contribution is -2.51. The molecule has 1 saturated heterocycles. The molecule has 1 fully saturated rings. The van der Waals surface area contributed by atoms with E-state index in [1.807, 2.05) is 44.2 Å². The summed E-state index contributed by atoms with van der Waals surface area (Å²) in [6.45, 7) is 6.81. The summed E-state index contributed by atoms with van der Waals surface area (Å²) < 4.78 is 29.4. The van der Waals surface area contributed by atoms with Gasteiger partial charge in [0.1, 0.15) is 0 Å². The van der Waals surface area contributed by atoms with Crippen LogP contribution in [0.4, 0.5) is 10.5 Å². The number of aromatic nitrogens is 1. The molecule has 0 bridgehead atoms. The SMILES string of the molecule is CCCc1ccc(S(=O)(=O)N2CCC(NC(=O)N(c3ccc4[nH]c(=S)sc4c3)C(C)C)CC2)cc1. The molecule has 1 aliphatic rings. The number of benzene rings is 2. The Morgan fingerprint density at radius 2 is 1.89 bits per heavy atom. The van der Waals surface area contributed by atoms with E-state index in [0.29, 0.717) is 34.8 Å². The maximum absolute atomic E-state index is 13.2. The fourth-order valence-electron chi connectivity index (χ4n) is 4.48. The van der Waals surface area contributed by atoms with Crippen LogP contribution < -0.4 is 10.2 Å². The van der Waals surface area contributed by atoms with Gasteiger partial charge in [0.15, 0.2) is 3.95 Å². The number of anilines is 1. The molecule has 1 aliphatic heterocycles. The van der Waals surface area contributed by atoms with E-state index in [2.05, 4.69) is 17.2 Å². The molecule has 2 N–H and O–H groups in total. The van der Waals surface area contributed by atoms with E-state index in [1.165, 1.54) is 15.6 Å². The lowest BCUT2D eigenvalue weighted by atomic mass is 10.1. The average Bonchev–Trinajstić information content (AvgIpc) is 3.19. The van der Waals surface area contributed by atoms with Gasteiger partial charge in [0.2, 0.25) is 10.0 Å². The molecule has 2 heterocycles. The highest BCUT2D eigenvalue weighted by Crippen LogP contribution is 2.27. The maximum atomic E-state index is 13.2. The number of H-pyrrole nitrogens is 1. The van der Waals surface area contributed by atoms with Gasteiger partial charge in [-0.05, 0) is 81.2 Å². The van der Waals surface area contributed by atoms with E-state index in [9.17, 15) is 13.2 Å². The molecule has 1 aromatic heterocycles. The van der Waals surface area contributed by atoms with Gasteiger partial charge >= 0.3 is 6.03 Å². The molecule has 0 radical (unpaired) electrons. The summed E-state index contributed by atoms with van der Waals surface area (Å²) in [6.07, 6.45) is 3.11. The zero-order valence-corrected chi connectivity index (χ0v) is 22.7. The standard InChI is InChI=1S/C25H32N4O3S3/c1-4-5-18-6-9-21(10-7-18)35(31,32)28-14-12-19(13-15-28)26-24(30)29(17(2)3)20-8-11-22-23(16-20)34-25(33)27-22/h6-11,16-17,19H,4-5,12-15H2,1-3H3,(H,26,30)(H,27,33). The fraction of sp³-hybridized carbons (Fsp3) is 0.440. The number of nitrogens with one attached hydrogen (secondary N) is 2. The maximum Gasteiger partial charge on any atom is 0.322 e. The van der Waals surface area contributed by atoms with Crippen LogP contribution >= 0.6 is 23.6 Å². The van der Waals surface area contributed by atoms with Gasteiger partial charge in [0.25, 0.3) is 0 Å². The van der Waals surface area contributed by atoms with Crippen molar-refractivity contribution in [2.45, 2.75) is 63.4 Å². The molecule has 0 saturated carbocycles. The van der Waals surface area contributed by atoms with Crippen LogP contribution in [-0.2, 0) is 16.4 Å². The number of hydrogen-bond donors (Lipinski definition) is 2. The Morgan fingerprint density at radius 3 is 2.51 bits per heavy atom. The highest BCUT2D eigenvalue weighted by atomic mass is 32.2. The number of urea groups is 1. The van der Waals surface area contributed by atoms with Gasteiger partial charge in [-0.1, -0.05) is 25.5 Å². The Bertz CT molecular complexity index is 1340. The van der Waals surface area contributed by atoms with Crippen LogP contribution in [0.5, 0.6) is 0 Å². The smallest absolute Gasteiger partial charge is 0.322 e. The minimum absolute atomic E-state index is 0.0458. The zero-order valence-electron chi connectivity index (χ0n) is 20.3. The first-order valence-electron chi connectivity index (χ1n) is 12.0. The lowest BCUT2D eigenvalue weighted by Gasteiger charge is -2.34. The van der Waals surface area contributed by atoms with Crippen LogP contribution in [0.15, 0.2) is 47.4 Å². The third-order valence-corrected chi connectivity index (χ3v) is 9.41. The molecule has 10 heteroatoms. The van der Waals surface area contributed by atoms with E-state index < -0.39 is 10.0 Å². The zero-order chi connectivity index (χ0) is 25.2. The Labute approximate surface area is 216 Å². The molecule has 0 atom stereocenters. The molecule has 3 aromatic rings. The predicted octanol–water partition coefficient (Wildman–Crippen LogP) is 5.69. The summed E-state index contributed by atoms with van der Waals surface area (Å²) in [6, 6.07) is 12.7. The summed E-state index contributed by atoms with van der Waals surface area (Å²) in [4.78, 5) is 18.5. The first-order chi connectivity index (χ1) is 16.7. The number of fused-ring (bicyclic) bond motifs is 1. The number of aromatic amines is 1. The molecule has 7 nitrogen and oxygen atoms in total. The number of carbonyl (C=O) groups is 1. The van der Waals surface area contributed by atoms with Crippen molar-refractivity contribution >= 4 is 55.5 Å². The largest absolute Gasteiger partial charge is 0.337 e. The summed E-state index contributed by atoms with van der Waals surface area (Å²) in [7, 11) is -3.54. The summed E-state index contributed by atoms with van der Waals surface area (Å²) >= 11 is 6.72. The molecule has 0 aliphatic carbocycles. The number of nitrogens with zero attached hydrogens (tertiary/aromatic N) is 2. The van der Waals surface area contributed by atoms with Crippen molar-refractivity contribution in [1.82, 2.24) is 14.6 Å². The van der Waals surface area contributed by atoms with Gasteiger partial charge in [0, 0.05) is 30.9 Å². The van der Waals surface area contributed by atoms with Crippen LogP contribution in [0.25, 0.3) is 10.2 Å². The van der Waals surface area contributed by atoms with Crippen LogP contribution in [0, 0.1) is 3.95 Å². The quantitative estimate of drug-likeness (QED) is 0.383. The molecule has 188 valence electrons. The Kier molecular flexibility index (Phi) is 7.95. The number of sulfonamides is 1. The predicted molar refractivity (Wildman–Crippen MR) is 145 cm³/mol. The Hall–Kier alpha value is -2.27. The second-order valence-corrected chi connectivity index (χ2v) is 12.8. The first kappa shape index (κ1) is 25.8. The molecular weight excluding hydrogens is 501 g/mol. The second kappa shape index (κ2) is 10.8. The highest BCUT2D eigenvalue weighted by Gasteiger charge is 2.31. The fourth-order valence-corrected chi connectivity index (χ4v) is 7.10. The molecule has 35 heavy (non-hydrogen) atoms. The third kappa shape index (κ3) is 5.77. The van der Waals surface area contributed by atoms with E-state index >= 15 is 0 Å². The monoisotopic (exact) mass is 532 g/mol. The highest BCUT2D eigenvalue weighted by molar-refractivity contribution is 7.89. The van der Waals surface area contributed by atoms with Gasteiger partial charge in [-0.15, -0.1) is 11.3 Å². The van der Waals surface area contributed by atoms with Crippen molar-refractivity contribution in [2.75, 3.05) is 18.0 Å². The van der Waals surface area contributed by atoms with Crippen molar-refractivity contribution in [2.24, 2.45) is 0 Å². The van der Waals surface area contributed by atoms with E-state index in [1.54, 1.807) is 17.0 Å². The number of thiazole rings is 1.